The van der Waals surface area contributed by atoms with Crippen LogP contribution in [0.1, 0.15) is 25.7 Å². The van der Waals surface area contributed by atoms with E-state index in [-0.39, 0.29) is 0 Å². The van der Waals surface area contributed by atoms with Gasteiger partial charge in [0.2, 0.25) is 0 Å². The summed E-state index contributed by atoms with van der Waals surface area (Å²) in [5, 5.41) is 0. The van der Waals surface area contributed by atoms with Crippen LogP contribution in [0.4, 0.5) is 0 Å². The molecule has 0 radical (unpaired) electrons. The van der Waals surface area contributed by atoms with E-state index in [1.807, 2.05) is 12.3 Å². The first kappa shape index (κ1) is 6.53. The summed E-state index contributed by atoms with van der Waals surface area (Å²) in [4.78, 5) is 4.32. The SMILES string of the molecule is C=CCC1CCCC=N1. The topological polar surface area (TPSA) is 12.4 Å². The molecular weight excluding hydrogens is 110 g/mol. The standard InChI is InChI=1S/C8H13N/c1-2-5-8-6-3-4-7-9-8/h2,7-8H,1,3-6H2. The lowest BCUT2D eigenvalue weighted by atomic mass is 10.1. The normalized spacial score (nSPS) is 26.0. The van der Waals surface area contributed by atoms with Crippen molar-refractivity contribution >= 4 is 6.21 Å². The van der Waals surface area contributed by atoms with Crippen molar-refractivity contribution in [3.8, 4) is 0 Å². The van der Waals surface area contributed by atoms with E-state index in [0.717, 1.165) is 6.42 Å². The molecule has 0 aromatic rings. The molecule has 1 nitrogen and oxygen atoms in total. The minimum atomic E-state index is 0.552. The van der Waals surface area contributed by atoms with Crippen molar-refractivity contribution in [3.63, 3.8) is 0 Å². The molecule has 1 aliphatic rings. The van der Waals surface area contributed by atoms with Gasteiger partial charge in [0.15, 0.2) is 0 Å². The monoisotopic (exact) mass is 123 g/mol. The zero-order chi connectivity index (χ0) is 6.53. The fourth-order valence-corrected chi connectivity index (χ4v) is 1.11. The molecule has 0 aromatic heterocycles. The van der Waals surface area contributed by atoms with E-state index in [9.17, 15) is 0 Å². The van der Waals surface area contributed by atoms with Gasteiger partial charge in [-0.25, -0.2) is 0 Å². The number of nitrogens with zero attached hydrogens (tertiary/aromatic N) is 1. The van der Waals surface area contributed by atoms with Crippen LogP contribution in [0.5, 0.6) is 0 Å². The van der Waals surface area contributed by atoms with E-state index in [2.05, 4.69) is 11.6 Å². The molecule has 0 fully saturated rings. The Morgan fingerprint density at radius 1 is 1.78 bits per heavy atom. The molecule has 0 amide bonds. The van der Waals surface area contributed by atoms with E-state index < -0.39 is 0 Å². The van der Waals surface area contributed by atoms with E-state index in [4.69, 9.17) is 0 Å². The Morgan fingerprint density at radius 3 is 3.22 bits per heavy atom. The van der Waals surface area contributed by atoms with Crippen LogP contribution in [0.2, 0.25) is 0 Å². The van der Waals surface area contributed by atoms with Gasteiger partial charge in [0.1, 0.15) is 0 Å². The minimum absolute atomic E-state index is 0.552. The first-order chi connectivity index (χ1) is 4.43. The second kappa shape index (κ2) is 3.44. The minimum Gasteiger partial charge on any atom is -0.294 e. The van der Waals surface area contributed by atoms with Gasteiger partial charge in [-0.05, 0) is 31.9 Å². The van der Waals surface area contributed by atoms with Crippen LogP contribution in [0.15, 0.2) is 17.6 Å². The number of hydrogen-bond donors (Lipinski definition) is 0. The highest BCUT2D eigenvalue weighted by atomic mass is 14.8. The molecule has 9 heavy (non-hydrogen) atoms. The lowest BCUT2D eigenvalue weighted by Gasteiger charge is -2.12. The van der Waals surface area contributed by atoms with Crippen LogP contribution in [-0.2, 0) is 0 Å². The first-order valence-corrected chi connectivity index (χ1v) is 3.56. The van der Waals surface area contributed by atoms with Gasteiger partial charge in [-0.2, -0.15) is 0 Å². The number of aliphatic imine (C=N–C) groups is 1. The van der Waals surface area contributed by atoms with Gasteiger partial charge in [0.05, 0.1) is 6.04 Å². The fraction of sp³-hybridized carbons (Fsp3) is 0.625. The lowest BCUT2D eigenvalue weighted by molar-refractivity contribution is 0.581. The van der Waals surface area contributed by atoms with Crippen LogP contribution in [-0.4, -0.2) is 12.3 Å². The van der Waals surface area contributed by atoms with Gasteiger partial charge >= 0.3 is 0 Å². The quantitative estimate of drug-likeness (QED) is 0.499. The molecular formula is C8H13N. The highest BCUT2D eigenvalue weighted by Gasteiger charge is 2.05. The van der Waals surface area contributed by atoms with Crippen molar-refractivity contribution in [2.24, 2.45) is 4.99 Å². The molecule has 1 atom stereocenters. The molecule has 0 saturated heterocycles. The van der Waals surface area contributed by atoms with Gasteiger partial charge in [0.25, 0.3) is 0 Å². The Balaban J connectivity index is 2.31. The summed E-state index contributed by atoms with van der Waals surface area (Å²) in [6.07, 6.45) is 8.78. The Bertz CT molecular complexity index is 116. The van der Waals surface area contributed by atoms with E-state index >= 15 is 0 Å². The Hall–Kier alpha value is -0.590. The Kier molecular flexibility index (Phi) is 2.49. The second-order valence-corrected chi connectivity index (χ2v) is 2.44. The Labute approximate surface area is 56.5 Å². The maximum absolute atomic E-state index is 4.32. The van der Waals surface area contributed by atoms with Crippen molar-refractivity contribution in [2.75, 3.05) is 0 Å². The fourth-order valence-electron chi connectivity index (χ4n) is 1.11. The highest BCUT2D eigenvalue weighted by Crippen LogP contribution is 2.12. The van der Waals surface area contributed by atoms with Crippen LogP contribution >= 0.6 is 0 Å². The zero-order valence-electron chi connectivity index (χ0n) is 5.71. The van der Waals surface area contributed by atoms with Crippen molar-refractivity contribution < 1.29 is 0 Å². The maximum Gasteiger partial charge on any atom is 0.0530 e. The van der Waals surface area contributed by atoms with Crippen LogP contribution < -0.4 is 0 Å². The molecule has 1 unspecified atom stereocenters. The third kappa shape index (κ3) is 2.00. The van der Waals surface area contributed by atoms with Gasteiger partial charge in [-0.3, -0.25) is 4.99 Å². The molecule has 0 aromatic carbocycles. The zero-order valence-corrected chi connectivity index (χ0v) is 5.71. The Morgan fingerprint density at radius 2 is 2.67 bits per heavy atom. The van der Waals surface area contributed by atoms with Gasteiger partial charge in [-0.1, -0.05) is 6.08 Å². The smallest absolute Gasteiger partial charge is 0.0530 e. The number of hydrogen-bond acceptors (Lipinski definition) is 1. The second-order valence-electron chi connectivity index (χ2n) is 2.44. The van der Waals surface area contributed by atoms with E-state index in [1.165, 1.54) is 19.3 Å². The molecule has 0 bridgehead atoms. The molecule has 1 heteroatoms. The molecule has 0 N–H and O–H groups in total. The van der Waals surface area contributed by atoms with Crippen LogP contribution in [0, 0.1) is 0 Å². The third-order valence-electron chi connectivity index (χ3n) is 1.63. The summed E-state index contributed by atoms with van der Waals surface area (Å²) in [5.41, 5.74) is 0. The van der Waals surface area contributed by atoms with Gasteiger partial charge in [-0.15, -0.1) is 6.58 Å². The van der Waals surface area contributed by atoms with Gasteiger partial charge in [0, 0.05) is 0 Å². The highest BCUT2D eigenvalue weighted by molar-refractivity contribution is 5.58. The predicted octanol–water partition coefficient (Wildman–Crippen LogP) is 2.19. The molecule has 50 valence electrons. The van der Waals surface area contributed by atoms with Crippen molar-refractivity contribution in [1.29, 1.82) is 0 Å². The average molecular weight is 123 g/mol. The van der Waals surface area contributed by atoms with E-state index in [0.29, 0.717) is 6.04 Å². The molecule has 1 aliphatic heterocycles. The van der Waals surface area contributed by atoms with Crippen molar-refractivity contribution in [3.05, 3.63) is 12.7 Å². The van der Waals surface area contributed by atoms with Gasteiger partial charge < -0.3 is 0 Å². The first-order valence-electron chi connectivity index (χ1n) is 3.56. The molecule has 1 heterocycles. The molecule has 1 rings (SSSR count). The van der Waals surface area contributed by atoms with E-state index in [1.54, 1.807) is 0 Å². The largest absolute Gasteiger partial charge is 0.294 e. The van der Waals surface area contributed by atoms with Crippen LogP contribution in [0.3, 0.4) is 0 Å². The number of rotatable bonds is 2. The summed E-state index contributed by atoms with van der Waals surface area (Å²) in [6, 6.07) is 0.552. The maximum atomic E-state index is 4.32. The summed E-state index contributed by atoms with van der Waals surface area (Å²) in [5.74, 6) is 0. The predicted molar refractivity (Wildman–Crippen MR) is 40.9 cm³/mol. The third-order valence-corrected chi connectivity index (χ3v) is 1.63. The summed E-state index contributed by atoms with van der Waals surface area (Å²) in [6.45, 7) is 3.68. The van der Waals surface area contributed by atoms with Crippen LogP contribution in [0.25, 0.3) is 0 Å². The summed E-state index contributed by atoms with van der Waals surface area (Å²) in [7, 11) is 0. The molecule has 0 spiro atoms. The molecule has 0 saturated carbocycles. The summed E-state index contributed by atoms with van der Waals surface area (Å²) < 4.78 is 0. The summed E-state index contributed by atoms with van der Waals surface area (Å²) >= 11 is 0. The van der Waals surface area contributed by atoms with Crippen molar-refractivity contribution in [1.82, 2.24) is 0 Å². The lowest BCUT2D eigenvalue weighted by Crippen LogP contribution is -2.07. The van der Waals surface area contributed by atoms with Crippen molar-refractivity contribution in [2.45, 2.75) is 31.7 Å². The molecule has 0 aliphatic carbocycles. The average Bonchev–Trinajstić information content (AvgIpc) is 1.91.